The Morgan fingerprint density at radius 2 is 1.81 bits per heavy atom. The average molecular weight is 501 g/mol. The molecule has 0 bridgehead atoms. The molecule has 3 aromatic rings. The summed E-state index contributed by atoms with van der Waals surface area (Å²) in [5.74, 6) is 1.26. The van der Waals surface area contributed by atoms with Gasteiger partial charge in [-0.15, -0.1) is 0 Å². The smallest absolute Gasteiger partial charge is 0.261 e. The number of aryl methyl sites for hydroxylation is 1. The molecule has 0 saturated carbocycles. The normalized spacial score (nSPS) is 11.8. The molecule has 0 unspecified atom stereocenters. The van der Waals surface area contributed by atoms with E-state index >= 15 is 0 Å². The van der Waals surface area contributed by atoms with Crippen molar-refractivity contribution in [2.45, 2.75) is 24.8 Å². The Kier molecular flexibility index (Phi) is 5.52. The van der Waals surface area contributed by atoms with Crippen molar-refractivity contribution < 1.29 is 17.9 Å². The number of nitrogens with zero attached hydrogens (tertiary/aromatic N) is 2. The molecule has 0 fully saturated rings. The van der Waals surface area contributed by atoms with Gasteiger partial charge in [0.05, 0.1) is 34.7 Å². The molecule has 1 heterocycles. The van der Waals surface area contributed by atoms with Gasteiger partial charge < -0.3 is 9.47 Å². The van der Waals surface area contributed by atoms with Crippen LogP contribution in [0.15, 0.2) is 41.3 Å². The Morgan fingerprint density at radius 3 is 2.41 bits per heavy atom. The highest BCUT2D eigenvalue weighted by Gasteiger charge is 2.21. The zero-order valence-electron chi connectivity index (χ0n) is 15.4. The second kappa shape index (κ2) is 7.55. The first-order chi connectivity index (χ1) is 12.7. The summed E-state index contributed by atoms with van der Waals surface area (Å²) < 4.78 is 41.6. The molecule has 0 amide bonds. The van der Waals surface area contributed by atoms with Crippen molar-refractivity contribution in [1.82, 2.24) is 9.78 Å². The van der Waals surface area contributed by atoms with E-state index in [2.05, 4.69) is 32.4 Å². The van der Waals surface area contributed by atoms with Gasteiger partial charge in [-0.2, -0.15) is 5.10 Å². The van der Waals surface area contributed by atoms with Gasteiger partial charge in [0.25, 0.3) is 10.0 Å². The molecule has 1 aromatic heterocycles. The molecule has 0 aliphatic heterocycles. The number of hydrogen-bond acceptors (Lipinski definition) is 5. The Hall–Kier alpha value is -2.01. The molecule has 0 aliphatic rings. The zero-order chi connectivity index (χ0) is 19.8. The molecule has 0 radical (unpaired) electrons. The predicted molar refractivity (Wildman–Crippen MR) is 113 cm³/mol. The number of rotatable bonds is 6. The monoisotopic (exact) mass is 501 g/mol. The summed E-state index contributed by atoms with van der Waals surface area (Å²) in [6.45, 7) is 3.88. The van der Waals surface area contributed by atoms with Gasteiger partial charge in [-0.05, 0) is 72.8 Å². The molecule has 2 aromatic carbocycles. The van der Waals surface area contributed by atoms with E-state index in [0.717, 1.165) is 9.09 Å². The highest BCUT2D eigenvalue weighted by Crippen LogP contribution is 2.36. The van der Waals surface area contributed by atoms with Crippen LogP contribution in [0, 0.1) is 3.70 Å². The van der Waals surface area contributed by atoms with Crippen molar-refractivity contribution in [1.29, 1.82) is 0 Å². The molecule has 7 nitrogen and oxygen atoms in total. The highest BCUT2D eigenvalue weighted by atomic mass is 127. The first-order valence-corrected chi connectivity index (χ1v) is 10.8. The number of hydrogen-bond donors (Lipinski definition) is 1. The molecular weight excluding hydrogens is 481 g/mol. The molecule has 0 spiro atoms. The maximum atomic E-state index is 12.8. The maximum Gasteiger partial charge on any atom is 0.261 e. The summed E-state index contributed by atoms with van der Waals surface area (Å²) in [5, 5.41) is 5.20. The van der Waals surface area contributed by atoms with Crippen molar-refractivity contribution in [2.24, 2.45) is 7.05 Å². The van der Waals surface area contributed by atoms with Crippen LogP contribution >= 0.6 is 22.6 Å². The third kappa shape index (κ3) is 3.98. The molecule has 0 atom stereocenters. The van der Waals surface area contributed by atoms with Crippen LogP contribution in [0.1, 0.15) is 13.8 Å². The number of aromatic nitrogens is 2. The molecular formula is C18H20IN3O4S. The maximum absolute atomic E-state index is 12.8. The Morgan fingerprint density at radius 1 is 1.15 bits per heavy atom. The van der Waals surface area contributed by atoms with Crippen LogP contribution in [0.5, 0.6) is 11.5 Å². The van der Waals surface area contributed by atoms with E-state index in [1.165, 1.54) is 19.2 Å². The minimum Gasteiger partial charge on any atom is -0.497 e. The first kappa shape index (κ1) is 19.7. The van der Waals surface area contributed by atoms with E-state index in [1.807, 2.05) is 13.8 Å². The largest absolute Gasteiger partial charge is 0.497 e. The number of ether oxygens (including phenoxy) is 2. The summed E-state index contributed by atoms with van der Waals surface area (Å²) in [5.41, 5.74) is 1.10. The second-order valence-electron chi connectivity index (χ2n) is 6.20. The Bertz CT molecular complexity index is 1080. The van der Waals surface area contributed by atoms with Crippen LogP contribution in [-0.2, 0) is 17.1 Å². The SMILES string of the molecule is COc1ccc(S(=O)(=O)Nc2ccc(OC(C)C)c3c(I)nn(C)c23)cc1. The molecule has 27 heavy (non-hydrogen) atoms. The fraction of sp³-hybridized carbons (Fsp3) is 0.278. The lowest BCUT2D eigenvalue weighted by atomic mass is 10.2. The fourth-order valence-electron chi connectivity index (χ4n) is 2.73. The van der Waals surface area contributed by atoms with Crippen molar-refractivity contribution in [3.63, 3.8) is 0 Å². The van der Waals surface area contributed by atoms with Crippen molar-refractivity contribution in [2.75, 3.05) is 11.8 Å². The number of sulfonamides is 1. The lowest BCUT2D eigenvalue weighted by molar-refractivity contribution is 0.245. The summed E-state index contributed by atoms with van der Waals surface area (Å²) in [6, 6.07) is 9.67. The molecule has 144 valence electrons. The van der Waals surface area contributed by atoms with Crippen LogP contribution in [0.2, 0.25) is 0 Å². The van der Waals surface area contributed by atoms with Crippen LogP contribution in [0.3, 0.4) is 0 Å². The molecule has 1 N–H and O–H groups in total. The summed E-state index contributed by atoms with van der Waals surface area (Å²) in [4.78, 5) is 0.149. The number of nitrogens with one attached hydrogen (secondary N) is 1. The van der Waals surface area contributed by atoms with E-state index in [9.17, 15) is 8.42 Å². The molecule has 9 heteroatoms. The van der Waals surface area contributed by atoms with E-state index in [-0.39, 0.29) is 11.0 Å². The van der Waals surface area contributed by atoms with Gasteiger partial charge in [-0.25, -0.2) is 8.42 Å². The number of anilines is 1. The topological polar surface area (TPSA) is 82.5 Å². The third-order valence-electron chi connectivity index (χ3n) is 3.88. The standard InChI is InChI=1S/C18H20IN3O4S/c1-11(2)26-15-10-9-14(17-16(15)18(19)20-22(17)3)21-27(23,24)13-7-5-12(25-4)6-8-13/h5-11,21H,1-4H3. The van der Waals surface area contributed by atoms with Crippen molar-refractivity contribution >= 4 is 49.2 Å². The number of halogens is 1. The molecule has 0 saturated heterocycles. The highest BCUT2D eigenvalue weighted by molar-refractivity contribution is 14.1. The second-order valence-corrected chi connectivity index (χ2v) is 8.90. The van der Waals surface area contributed by atoms with Gasteiger partial charge in [-0.1, -0.05) is 0 Å². The minimum atomic E-state index is -3.76. The third-order valence-corrected chi connectivity index (χ3v) is 6.02. The summed E-state index contributed by atoms with van der Waals surface area (Å²) >= 11 is 2.12. The Labute approximate surface area is 171 Å². The number of fused-ring (bicyclic) bond motifs is 1. The van der Waals surface area contributed by atoms with Gasteiger partial charge >= 0.3 is 0 Å². The Balaban J connectivity index is 2.06. The van der Waals surface area contributed by atoms with Crippen molar-refractivity contribution in [3.05, 3.63) is 40.1 Å². The number of methoxy groups -OCH3 is 1. The minimum absolute atomic E-state index is 0.00829. The van der Waals surface area contributed by atoms with Gasteiger partial charge in [0.15, 0.2) is 0 Å². The van der Waals surface area contributed by atoms with Gasteiger partial charge in [-0.3, -0.25) is 9.40 Å². The van der Waals surface area contributed by atoms with Crippen LogP contribution in [-0.4, -0.2) is 31.4 Å². The predicted octanol–water partition coefficient (Wildman–Crippen LogP) is 3.77. The summed E-state index contributed by atoms with van der Waals surface area (Å²) in [7, 11) is -0.459. The van der Waals surface area contributed by atoms with E-state index in [0.29, 0.717) is 22.7 Å². The lowest BCUT2D eigenvalue weighted by Gasteiger charge is -2.14. The van der Waals surface area contributed by atoms with Crippen LogP contribution < -0.4 is 14.2 Å². The van der Waals surface area contributed by atoms with Crippen LogP contribution in [0.25, 0.3) is 10.9 Å². The summed E-state index contributed by atoms with van der Waals surface area (Å²) in [6.07, 6.45) is -0.00829. The average Bonchev–Trinajstić information content (AvgIpc) is 2.92. The van der Waals surface area contributed by atoms with E-state index < -0.39 is 10.0 Å². The molecule has 0 aliphatic carbocycles. The van der Waals surface area contributed by atoms with Gasteiger partial charge in [0, 0.05) is 7.05 Å². The number of benzene rings is 2. The quantitative estimate of drug-likeness (QED) is 0.520. The lowest BCUT2D eigenvalue weighted by Crippen LogP contribution is -2.14. The van der Waals surface area contributed by atoms with E-state index in [1.54, 1.807) is 36.0 Å². The fourth-order valence-corrected chi connectivity index (χ4v) is 4.64. The van der Waals surface area contributed by atoms with Crippen molar-refractivity contribution in [3.8, 4) is 11.5 Å². The van der Waals surface area contributed by atoms with E-state index in [4.69, 9.17) is 9.47 Å². The van der Waals surface area contributed by atoms with Gasteiger partial charge in [0.2, 0.25) is 0 Å². The van der Waals surface area contributed by atoms with Crippen LogP contribution in [0.4, 0.5) is 5.69 Å². The zero-order valence-corrected chi connectivity index (χ0v) is 18.3. The van der Waals surface area contributed by atoms with Gasteiger partial charge in [0.1, 0.15) is 15.2 Å². The molecule has 3 rings (SSSR count). The first-order valence-electron chi connectivity index (χ1n) is 8.21.